The number of carbonyl (C=O) groups excluding carboxylic acids is 1. The average Bonchev–Trinajstić information content (AvgIpc) is 2.72. The van der Waals surface area contributed by atoms with Gasteiger partial charge in [0.2, 0.25) is 10.0 Å². The van der Waals surface area contributed by atoms with Gasteiger partial charge in [-0.25, -0.2) is 17.9 Å². The fourth-order valence-electron chi connectivity index (χ4n) is 2.35. The molecule has 0 radical (unpaired) electrons. The fourth-order valence-corrected chi connectivity index (χ4v) is 3.40. The van der Waals surface area contributed by atoms with Crippen molar-refractivity contribution in [2.45, 2.75) is 11.6 Å². The Kier molecular flexibility index (Phi) is 5.62. The number of ether oxygens (including phenoxy) is 1. The predicted octanol–water partition coefficient (Wildman–Crippen LogP) is 1.07. The summed E-state index contributed by atoms with van der Waals surface area (Å²) in [5.74, 6) is -0.803. The summed E-state index contributed by atoms with van der Waals surface area (Å²) in [4.78, 5) is 24.5. The molecule has 0 bridgehead atoms. The molecule has 0 atom stereocenters. The summed E-state index contributed by atoms with van der Waals surface area (Å²) in [5, 5.41) is 7.96. The minimum Gasteiger partial charge on any atom is -0.439 e. The minimum absolute atomic E-state index is 0.0169. The van der Waals surface area contributed by atoms with E-state index in [-0.39, 0.29) is 17.0 Å². The zero-order valence-electron chi connectivity index (χ0n) is 14.6. The number of nitrogens with one attached hydrogen (secondary N) is 1. The van der Waals surface area contributed by atoms with Crippen LogP contribution in [0, 0.1) is 0 Å². The molecule has 1 aromatic heterocycles. The van der Waals surface area contributed by atoms with E-state index in [2.05, 4.69) is 21.6 Å². The molecule has 28 heavy (non-hydrogen) atoms. The van der Waals surface area contributed by atoms with Gasteiger partial charge in [0, 0.05) is 6.54 Å². The number of fused-ring (bicyclic) bond motifs is 1. The summed E-state index contributed by atoms with van der Waals surface area (Å²) in [6.45, 7) is 3.04. The molecular formula is C18H16N4O5S. The molecule has 2 aromatic carbocycles. The zero-order valence-corrected chi connectivity index (χ0v) is 15.4. The van der Waals surface area contributed by atoms with Crippen molar-refractivity contribution in [1.29, 1.82) is 0 Å². The number of hydrogen-bond donors (Lipinski definition) is 1. The molecule has 0 unspecified atom stereocenters. The van der Waals surface area contributed by atoms with E-state index in [0.717, 1.165) is 4.68 Å². The monoisotopic (exact) mass is 400 g/mol. The number of rotatable bonds is 7. The molecule has 144 valence electrons. The van der Waals surface area contributed by atoms with Crippen molar-refractivity contribution in [2.75, 3.05) is 6.54 Å². The third-order valence-corrected chi connectivity index (χ3v) is 5.17. The van der Waals surface area contributed by atoms with E-state index in [1.54, 1.807) is 24.3 Å². The van der Waals surface area contributed by atoms with Crippen LogP contribution in [0.4, 0.5) is 0 Å². The van der Waals surface area contributed by atoms with Crippen LogP contribution in [-0.2, 0) is 21.5 Å². The van der Waals surface area contributed by atoms with Gasteiger partial charge in [-0.2, -0.15) is 4.68 Å². The lowest BCUT2D eigenvalue weighted by Gasteiger charge is -2.08. The van der Waals surface area contributed by atoms with Crippen molar-refractivity contribution >= 4 is 26.9 Å². The van der Waals surface area contributed by atoms with Gasteiger partial charge in [0.05, 0.1) is 15.8 Å². The van der Waals surface area contributed by atoms with Crippen LogP contribution < -0.4 is 10.3 Å². The standard InChI is InChI=1S/C18H16N4O5S/c1-2-10-19-28(25,26)14-7-5-6-13(11-14)18(24)27-12-22-17(23)15-8-3-4-9-16(15)20-21-22/h2-9,11,19H,1,10,12H2. The van der Waals surface area contributed by atoms with Gasteiger partial charge >= 0.3 is 5.97 Å². The maximum absolute atomic E-state index is 12.3. The number of hydrogen-bond acceptors (Lipinski definition) is 7. The van der Waals surface area contributed by atoms with Gasteiger partial charge in [-0.05, 0) is 30.3 Å². The molecule has 3 rings (SSSR count). The Labute approximate surface area is 160 Å². The smallest absolute Gasteiger partial charge is 0.339 e. The van der Waals surface area contributed by atoms with Crippen molar-refractivity contribution in [2.24, 2.45) is 0 Å². The average molecular weight is 400 g/mol. The van der Waals surface area contributed by atoms with E-state index < -0.39 is 28.3 Å². The van der Waals surface area contributed by atoms with Crippen LogP contribution in [0.3, 0.4) is 0 Å². The van der Waals surface area contributed by atoms with E-state index in [4.69, 9.17) is 4.74 Å². The van der Waals surface area contributed by atoms with Crippen LogP contribution in [0.15, 0.2) is 70.9 Å². The lowest BCUT2D eigenvalue weighted by atomic mass is 10.2. The summed E-state index contributed by atoms with van der Waals surface area (Å²) in [5.41, 5.74) is -0.00774. The third kappa shape index (κ3) is 4.13. The highest BCUT2D eigenvalue weighted by molar-refractivity contribution is 7.89. The van der Waals surface area contributed by atoms with Gasteiger partial charge in [0.25, 0.3) is 5.56 Å². The normalized spacial score (nSPS) is 11.3. The number of sulfonamides is 1. The Balaban J connectivity index is 1.77. The number of benzene rings is 2. The fraction of sp³-hybridized carbons (Fsp3) is 0.111. The molecule has 1 heterocycles. The third-order valence-electron chi connectivity index (χ3n) is 3.74. The molecule has 0 spiro atoms. The first kappa shape index (κ1) is 19.4. The van der Waals surface area contributed by atoms with Gasteiger partial charge < -0.3 is 4.74 Å². The van der Waals surface area contributed by atoms with Gasteiger partial charge in [-0.1, -0.05) is 29.5 Å². The van der Waals surface area contributed by atoms with Gasteiger partial charge in [-0.3, -0.25) is 4.79 Å². The van der Waals surface area contributed by atoms with Crippen LogP contribution in [-0.4, -0.2) is 35.9 Å². The summed E-state index contributed by atoms with van der Waals surface area (Å²) in [6, 6.07) is 12.0. The van der Waals surface area contributed by atoms with Gasteiger partial charge in [0.15, 0.2) is 6.73 Å². The van der Waals surface area contributed by atoms with Crippen LogP contribution in [0.25, 0.3) is 10.9 Å². The minimum atomic E-state index is -3.78. The zero-order chi connectivity index (χ0) is 20.1. The molecule has 1 N–H and O–H groups in total. The van der Waals surface area contributed by atoms with Crippen LogP contribution in [0.1, 0.15) is 10.4 Å². The molecular weight excluding hydrogens is 384 g/mol. The molecule has 0 saturated heterocycles. The Hall–Kier alpha value is -3.37. The van der Waals surface area contributed by atoms with Crippen molar-refractivity contribution in [3.63, 3.8) is 0 Å². The molecule has 0 aliphatic carbocycles. The van der Waals surface area contributed by atoms with Crippen molar-refractivity contribution in [3.05, 3.63) is 77.1 Å². The quantitative estimate of drug-likeness (QED) is 0.465. The SMILES string of the molecule is C=CCNS(=O)(=O)c1cccc(C(=O)OCn2nnc3ccccc3c2=O)c1. The summed E-state index contributed by atoms with van der Waals surface area (Å²) < 4.78 is 32.6. The molecule has 0 aliphatic heterocycles. The summed E-state index contributed by atoms with van der Waals surface area (Å²) in [7, 11) is -3.78. The molecule has 10 heteroatoms. The Bertz CT molecular complexity index is 1200. The van der Waals surface area contributed by atoms with Gasteiger partial charge in [0.1, 0.15) is 5.52 Å². The van der Waals surface area contributed by atoms with E-state index in [0.29, 0.717) is 10.9 Å². The predicted molar refractivity (Wildman–Crippen MR) is 101 cm³/mol. The van der Waals surface area contributed by atoms with E-state index >= 15 is 0 Å². The van der Waals surface area contributed by atoms with Crippen molar-refractivity contribution in [1.82, 2.24) is 19.7 Å². The highest BCUT2D eigenvalue weighted by Gasteiger charge is 2.16. The number of nitrogens with zero attached hydrogens (tertiary/aromatic N) is 3. The molecule has 0 aliphatic rings. The second-order valence-corrected chi connectivity index (χ2v) is 7.41. The van der Waals surface area contributed by atoms with E-state index in [1.807, 2.05) is 0 Å². The Morgan fingerprint density at radius 1 is 1.21 bits per heavy atom. The van der Waals surface area contributed by atoms with Crippen LogP contribution >= 0.6 is 0 Å². The Morgan fingerprint density at radius 3 is 2.79 bits per heavy atom. The summed E-state index contributed by atoms with van der Waals surface area (Å²) >= 11 is 0. The van der Waals surface area contributed by atoms with Crippen LogP contribution in [0.2, 0.25) is 0 Å². The van der Waals surface area contributed by atoms with Crippen LogP contribution in [0.5, 0.6) is 0 Å². The molecule has 0 fully saturated rings. The van der Waals surface area contributed by atoms with Crippen molar-refractivity contribution < 1.29 is 17.9 Å². The number of carbonyl (C=O) groups is 1. The van der Waals surface area contributed by atoms with E-state index in [9.17, 15) is 18.0 Å². The highest BCUT2D eigenvalue weighted by atomic mass is 32.2. The Morgan fingerprint density at radius 2 is 2.00 bits per heavy atom. The maximum atomic E-state index is 12.3. The number of aromatic nitrogens is 3. The van der Waals surface area contributed by atoms with Crippen molar-refractivity contribution in [3.8, 4) is 0 Å². The first-order valence-electron chi connectivity index (χ1n) is 8.12. The second kappa shape index (κ2) is 8.11. The largest absolute Gasteiger partial charge is 0.439 e. The lowest BCUT2D eigenvalue weighted by molar-refractivity contribution is 0.0336. The molecule has 9 nitrogen and oxygen atoms in total. The maximum Gasteiger partial charge on any atom is 0.339 e. The summed E-state index contributed by atoms with van der Waals surface area (Å²) in [6.07, 6.45) is 1.40. The molecule has 3 aromatic rings. The number of esters is 1. The van der Waals surface area contributed by atoms with Gasteiger partial charge in [-0.15, -0.1) is 11.7 Å². The highest BCUT2D eigenvalue weighted by Crippen LogP contribution is 2.12. The topological polar surface area (TPSA) is 120 Å². The lowest BCUT2D eigenvalue weighted by Crippen LogP contribution is -2.26. The van der Waals surface area contributed by atoms with E-state index in [1.165, 1.54) is 30.3 Å². The molecule has 0 amide bonds. The second-order valence-electron chi connectivity index (χ2n) is 5.64. The first-order valence-corrected chi connectivity index (χ1v) is 9.61. The molecule has 0 saturated carbocycles. The first-order chi connectivity index (χ1) is 13.4.